The van der Waals surface area contributed by atoms with Gasteiger partial charge in [0.1, 0.15) is 0 Å². The van der Waals surface area contributed by atoms with Crippen molar-refractivity contribution in [2.75, 3.05) is 0 Å². The fourth-order valence-electron chi connectivity index (χ4n) is 1.98. The highest BCUT2D eigenvalue weighted by Crippen LogP contribution is 2.15. The van der Waals surface area contributed by atoms with Crippen LogP contribution in [0.1, 0.15) is 31.2 Å². The van der Waals surface area contributed by atoms with Gasteiger partial charge in [-0.2, -0.15) is 0 Å². The zero-order valence-electron chi connectivity index (χ0n) is 9.47. The second-order valence-corrected chi connectivity index (χ2v) is 4.22. The van der Waals surface area contributed by atoms with E-state index in [0.29, 0.717) is 6.04 Å². The monoisotopic (exact) mass is 214 g/mol. The van der Waals surface area contributed by atoms with Gasteiger partial charge in [-0.05, 0) is 24.8 Å². The Kier molecular flexibility index (Phi) is 3.76. The van der Waals surface area contributed by atoms with Gasteiger partial charge in [0.15, 0.2) is 0 Å². The second-order valence-electron chi connectivity index (χ2n) is 4.22. The van der Waals surface area contributed by atoms with E-state index in [1.807, 2.05) is 6.07 Å². The van der Waals surface area contributed by atoms with E-state index in [1.165, 1.54) is 18.4 Å². The normalized spacial score (nSPS) is 21.0. The highest BCUT2D eigenvalue weighted by atomic mass is 14.9. The van der Waals surface area contributed by atoms with Crippen molar-refractivity contribution in [2.24, 2.45) is 10.7 Å². The molecular weight excluding hydrogens is 196 g/mol. The summed E-state index contributed by atoms with van der Waals surface area (Å²) in [5, 5.41) is 0. The number of amidine groups is 1. The van der Waals surface area contributed by atoms with Crippen LogP contribution in [0.3, 0.4) is 0 Å². The van der Waals surface area contributed by atoms with Crippen LogP contribution in [0.5, 0.6) is 0 Å². The highest BCUT2D eigenvalue weighted by Gasteiger charge is 2.11. The average molecular weight is 214 g/mol. The summed E-state index contributed by atoms with van der Waals surface area (Å²) < 4.78 is 0. The van der Waals surface area contributed by atoms with E-state index in [2.05, 4.69) is 41.4 Å². The Hall–Kier alpha value is -1.57. The van der Waals surface area contributed by atoms with Crippen molar-refractivity contribution in [2.45, 2.75) is 31.7 Å². The molecule has 0 radical (unpaired) electrons. The maximum atomic E-state index is 5.73. The number of rotatable bonds is 3. The molecule has 0 saturated carbocycles. The number of hydrogen-bond acceptors (Lipinski definition) is 2. The summed E-state index contributed by atoms with van der Waals surface area (Å²) in [4.78, 5) is 4.46. The van der Waals surface area contributed by atoms with Crippen molar-refractivity contribution in [3.8, 4) is 0 Å². The van der Waals surface area contributed by atoms with Crippen molar-refractivity contribution in [1.82, 2.24) is 0 Å². The molecule has 84 valence electrons. The van der Waals surface area contributed by atoms with Crippen LogP contribution in [0.4, 0.5) is 0 Å². The number of nitrogens with zero attached hydrogens (tertiary/aromatic N) is 1. The van der Waals surface area contributed by atoms with Gasteiger partial charge in [-0.15, -0.1) is 0 Å². The van der Waals surface area contributed by atoms with E-state index in [9.17, 15) is 0 Å². The van der Waals surface area contributed by atoms with E-state index in [-0.39, 0.29) is 0 Å². The minimum Gasteiger partial charge on any atom is -0.387 e. The molecule has 0 spiro atoms. The van der Waals surface area contributed by atoms with Crippen LogP contribution in [0.15, 0.2) is 41.4 Å². The molecule has 16 heavy (non-hydrogen) atoms. The first-order valence-corrected chi connectivity index (χ1v) is 5.88. The number of hydrogen-bond donors (Lipinski definition) is 1. The van der Waals surface area contributed by atoms with Crippen LogP contribution >= 0.6 is 0 Å². The molecule has 1 unspecified atom stereocenters. The van der Waals surface area contributed by atoms with E-state index in [0.717, 1.165) is 18.7 Å². The molecule has 0 aliphatic carbocycles. The molecule has 2 rings (SSSR count). The van der Waals surface area contributed by atoms with Crippen LogP contribution in [0.2, 0.25) is 0 Å². The molecule has 0 fully saturated rings. The third-order valence-corrected chi connectivity index (χ3v) is 2.84. The van der Waals surface area contributed by atoms with Gasteiger partial charge in [0.05, 0.1) is 11.9 Å². The van der Waals surface area contributed by atoms with Crippen molar-refractivity contribution in [3.05, 3.63) is 42.0 Å². The molecule has 2 nitrogen and oxygen atoms in total. The third-order valence-electron chi connectivity index (χ3n) is 2.84. The Bertz CT molecular complexity index is 379. The minimum absolute atomic E-state index is 0.397. The van der Waals surface area contributed by atoms with Crippen LogP contribution in [0.25, 0.3) is 6.08 Å². The Balaban J connectivity index is 1.88. The molecule has 0 bridgehead atoms. The predicted molar refractivity (Wildman–Crippen MR) is 69.4 cm³/mol. The molecule has 1 atom stereocenters. The number of nitrogens with two attached hydrogens (primary N) is 1. The fourth-order valence-corrected chi connectivity index (χ4v) is 1.98. The molecule has 0 aromatic heterocycles. The molecule has 2 heteroatoms. The van der Waals surface area contributed by atoms with Crippen molar-refractivity contribution in [1.29, 1.82) is 0 Å². The van der Waals surface area contributed by atoms with Gasteiger partial charge < -0.3 is 5.73 Å². The van der Waals surface area contributed by atoms with Gasteiger partial charge in [-0.3, -0.25) is 4.99 Å². The van der Waals surface area contributed by atoms with Crippen LogP contribution in [-0.4, -0.2) is 11.9 Å². The van der Waals surface area contributed by atoms with Crippen LogP contribution in [-0.2, 0) is 0 Å². The lowest BCUT2D eigenvalue weighted by Gasteiger charge is -2.16. The van der Waals surface area contributed by atoms with Gasteiger partial charge in [-0.25, -0.2) is 0 Å². The van der Waals surface area contributed by atoms with Crippen molar-refractivity contribution in [3.63, 3.8) is 0 Å². The van der Waals surface area contributed by atoms with E-state index in [1.54, 1.807) is 0 Å². The highest BCUT2D eigenvalue weighted by molar-refractivity contribution is 5.80. The summed E-state index contributed by atoms with van der Waals surface area (Å²) in [5.41, 5.74) is 6.98. The SMILES string of the molecule is NC1=NC(C/C=C/c2ccccc2)CCC1. The lowest BCUT2D eigenvalue weighted by atomic mass is 10.0. The summed E-state index contributed by atoms with van der Waals surface area (Å²) in [6.07, 6.45) is 8.66. The topological polar surface area (TPSA) is 38.4 Å². The molecule has 1 aromatic carbocycles. The molecule has 1 aliphatic rings. The van der Waals surface area contributed by atoms with Crippen molar-refractivity contribution >= 4 is 11.9 Å². The first-order valence-electron chi connectivity index (χ1n) is 5.88. The minimum atomic E-state index is 0.397. The van der Waals surface area contributed by atoms with E-state index >= 15 is 0 Å². The zero-order chi connectivity index (χ0) is 11.2. The molecular formula is C14H18N2. The maximum Gasteiger partial charge on any atom is 0.0940 e. The third kappa shape index (κ3) is 3.23. The largest absolute Gasteiger partial charge is 0.387 e. The molecule has 0 saturated heterocycles. The molecule has 1 heterocycles. The summed E-state index contributed by atoms with van der Waals surface area (Å²) in [6.45, 7) is 0. The Morgan fingerprint density at radius 3 is 2.88 bits per heavy atom. The number of benzene rings is 1. The van der Waals surface area contributed by atoms with Crippen LogP contribution in [0, 0.1) is 0 Å². The summed E-state index contributed by atoms with van der Waals surface area (Å²) >= 11 is 0. The Morgan fingerprint density at radius 1 is 1.31 bits per heavy atom. The lowest BCUT2D eigenvalue weighted by Crippen LogP contribution is -2.21. The number of aliphatic imine (C=N–C) groups is 1. The standard InChI is InChI=1S/C14H18N2/c15-14-11-5-10-13(16-14)9-4-8-12-6-2-1-3-7-12/h1-4,6-8,13H,5,9-11H2,(H2,15,16)/b8-4+. The Morgan fingerprint density at radius 2 is 2.12 bits per heavy atom. The van der Waals surface area contributed by atoms with Gasteiger partial charge >= 0.3 is 0 Å². The average Bonchev–Trinajstić information content (AvgIpc) is 2.30. The molecule has 1 aromatic rings. The zero-order valence-corrected chi connectivity index (χ0v) is 9.47. The summed E-state index contributed by atoms with van der Waals surface area (Å²) in [5.74, 6) is 0.823. The van der Waals surface area contributed by atoms with Gasteiger partial charge in [-0.1, -0.05) is 42.5 Å². The van der Waals surface area contributed by atoms with Gasteiger partial charge in [0, 0.05) is 6.42 Å². The van der Waals surface area contributed by atoms with Gasteiger partial charge in [0.2, 0.25) is 0 Å². The van der Waals surface area contributed by atoms with E-state index in [4.69, 9.17) is 5.73 Å². The smallest absolute Gasteiger partial charge is 0.0940 e. The van der Waals surface area contributed by atoms with Crippen LogP contribution < -0.4 is 5.73 Å². The van der Waals surface area contributed by atoms with E-state index < -0.39 is 0 Å². The van der Waals surface area contributed by atoms with Gasteiger partial charge in [0.25, 0.3) is 0 Å². The van der Waals surface area contributed by atoms with Crippen molar-refractivity contribution < 1.29 is 0 Å². The predicted octanol–water partition coefficient (Wildman–Crippen LogP) is 3.00. The Labute approximate surface area is 96.9 Å². The lowest BCUT2D eigenvalue weighted by molar-refractivity contribution is 0.573. The summed E-state index contributed by atoms with van der Waals surface area (Å²) in [6, 6.07) is 10.7. The molecule has 0 amide bonds. The quantitative estimate of drug-likeness (QED) is 0.825. The second kappa shape index (κ2) is 5.50. The summed E-state index contributed by atoms with van der Waals surface area (Å²) in [7, 11) is 0. The first kappa shape index (κ1) is 10.9. The maximum absolute atomic E-state index is 5.73. The fraction of sp³-hybridized carbons (Fsp3) is 0.357. The molecule has 1 aliphatic heterocycles. The molecule has 2 N–H and O–H groups in total. The first-order chi connectivity index (χ1) is 7.84.